The molecule has 0 spiro atoms. The molecule has 32 heavy (non-hydrogen) atoms. The molecular weight excluding hydrogens is 451 g/mol. The van der Waals surface area contributed by atoms with Crippen molar-refractivity contribution in [2.24, 2.45) is 4.99 Å². The Morgan fingerprint density at radius 3 is 2.53 bits per heavy atom. The van der Waals surface area contributed by atoms with E-state index in [0.717, 1.165) is 16.7 Å². The van der Waals surface area contributed by atoms with Gasteiger partial charge in [0.2, 0.25) is 5.91 Å². The minimum Gasteiger partial charge on any atom is -0.482 e. The molecule has 0 radical (unpaired) electrons. The molecule has 1 aliphatic rings. The number of benzene rings is 2. The zero-order valence-corrected chi connectivity index (χ0v) is 17.3. The third-order valence-corrected chi connectivity index (χ3v) is 5.02. The summed E-state index contributed by atoms with van der Waals surface area (Å²) in [5, 5.41) is 11.3. The zero-order chi connectivity index (χ0) is 23.5. The Hall–Kier alpha value is -3.54. The molecule has 168 valence electrons. The van der Waals surface area contributed by atoms with Gasteiger partial charge in [-0.05, 0) is 48.9 Å². The van der Waals surface area contributed by atoms with Crippen molar-refractivity contribution >= 4 is 46.2 Å². The lowest BCUT2D eigenvalue weighted by atomic mass is 10.2. The average Bonchev–Trinajstić information content (AvgIpc) is 3.06. The van der Waals surface area contributed by atoms with Gasteiger partial charge in [-0.25, -0.2) is 9.59 Å². The van der Waals surface area contributed by atoms with E-state index >= 15 is 0 Å². The number of rotatable bonds is 5. The molecule has 3 amide bonds. The zero-order valence-electron chi connectivity index (χ0n) is 16.5. The van der Waals surface area contributed by atoms with Crippen LogP contribution in [0.5, 0.6) is 5.75 Å². The number of aromatic carboxylic acids is 1. The molecule has 0 bridgehead atoms. The van der Waals surface area contributed by atoms with Crippen molar-refractivity contribution in [3.63, 3.8) is 0 Å². The maximum absolute atomic E-state index is 12.6. The second-order valence-electron chi connectivity index (χ2n) is 6.60. The number of thioether (sulfide) groups is 1. The number of aliphatic imine (C=N–C) groups is 1. The molecule has 1 fully saturated rings. The van der Waals surface area contributed by atoms with Gasteiger partial charge in [0.15, 0.2) is 11.8 Å². The molecule has 0 atom stereocenters. The van der Waals surface area contributed by atoms with Gasteiger partial charge in [-0.1, -0.05) is 17.8 Å². The van der Waals surface area contributed by atoms with Crippen LogP contribution in [0.2, 0.25) is 0 Å². The SMILES string of the molecule is Cc1ccc(OCC(F)(F)F)c(N2C(=O)CS/C2=N\C(=O)Nc2ccc(C(=O)O)cc2)c1. The number of aryl methyl sites for hydroxylation is 1. The highest BCUT2D eigenvalue weighted by Gasteiger charge is 2.34. The fourth-order valence-electron chi connectivity index (χ4n) is 2.70. The van der Waals surface area contributed by atoms with Crippen LogP contribution in [0, 0.1) is 6.92 Å². The third-order valence-electron chi connectivity index (χ3n) is 4.09. The molecule has 8 nitrogen and oxygen atoms in total. The number of hydrogen-bond donors (Lipinski definition) is 2. The summed E-state index contributed by atoms with van der Waals surface area (Å²) >= 11 is 0.947. The first kappa shape index (κ1) is 23.1. The largest absolute Gasteiger partial charge is 0.482 e. The quantitative estimate of drug-likeness (QED) is 0.679. The van der Waals surface area contributed by atoms with Crippen molar-refractivity contribution in [3.05, 3.63) is 53.6 Å². The molecule has 2 aromatic rings. The van der Waals surface area contributed by atoms with Gasteiger partial charge in [0, 0.05) is 5.69 Å². The van der Waals surface area contributed by atoms with Crippen LogP contribution in [0.3, 0.4) is 0 Å². The molecule has 2 N–H and O–H groups in total. The van der Waals surface area contributed by atoms with Crippen LogP contribution in [-0.2, 0) is 4.79 Å². The van der Waals surface area contributed by atoms with E-state index in [1.807, 2.05) is 0 Å². The van der Waals surface area contributed by atoms with E-state index in [1.54, 1.807) is 6.92 Å². The molecule has 1 aliphatic heterocycles. The number of carboxylic acids is 1. The van der Waals surface area contributed by atoms with E-state index in [1.165, 1.54) is 42.5 Å². The van der Waals surface area contributed by atoms with E-state index in [9.17, 15) is 27.6 Å². The molecule has 0 unspecified atom stereocenters. The topological polar surface area (TPSA) is 108 Å². The number of alkyl halides is 3. The number of carboxylic acid groups (broad SMARTS) is 1. The number of hydrogen-bond acceptors (Lipinski definition) is 5. The number of carbonyl (C=O) groups excluding carboxylic acids is 2. The van der Waals surface area contributed by atoms with Crippen LogP contribution in [0.4, 0.5) is 29.3 Å². The molecule has 1 saturated heterocycles. The number of carbonyl (C=O) groups is 3. The number of halogens is 3. The van der Waals surface area contributed by atoms with Gasteiger partial charge < -0.3 is 15.2 Å². The van der Waals surface area contributed by atoms with Crippen LogP contribution in [-0.4, -0.2) is 46.7 Å². The monoisotopic (exact) mass is 467 g/mol. The number of ether oxygens (including phenoxy) is 1. The van der Waals surface area contributed by atoms with E-state index in [-0.39, 0.29) is 33.6 Å². The maximum atomic E-state index is 12.6. The predicted octanol–water partition coefficient (Wildman–Crippen LogP) is 4.30. The van der Waals surface area contributed by atoms with Gasteiger partial charge in [-0.2, -0.15) is 18.2 Å². The summed E-state index contributed by atoms with van der Waals surface area (Å²) in [5.41, 5.74) is 1.01. The summed E-state index contributed by atoms with van der Waals surface area (Å²) in [6, 6.07) is 8.80. The molecule has 0 aromatic heterocycles. The lowest BCUT2D eigenvalue weighted by molar-refractivity contribution is -0.153. The highest BCUT2D eigenvalue weighted by atomic mass is 32.2. The maximum Gasteiger partial charge on any atom is 0.422 e. The number of amidine groups is 1. The van der Waals surface area contributed by atoms with Gasteiger partial charge in [0.05, 0.1) is 17.0 Å². The van der Waals surface area contributed by atoms with Gasteiger partial charge in [-0.15, -0.1) is 0 Å². The molecular formula is C20H16F3N3O5S. The fraction of sp³-hybridized carbons (Fsp3) is 0.200. The van der Waals surface area contributed by atoms with E-state index in [0.29, 0.717) is 5.56 Å². The summed E-state index contributed by atoms with van der Waals surface area (Å²) < 4.78 is 42.7. The first-order valence-electron chi connectivity index (χ1n) is 9.02. The fourth-order valence-corrected chi connectivity index (χ4v) is 3.56. The Balaban J connectivity index is 1.84. The number of nitrogens with one attached hydrogen (secondary N) is 1. The Bertz CT molecular complexity index is 1090. The summed E-state index contributed by atoms with van der Waals surface area (Å²) in [7, 11) is 0. The highest BCUT2D eigenvalue weighted by Crippen LogP contribution is 2.36. The minimum atomic E-state index is -4.57. The summed E-state index contributed by atoms with van der Waals surface area (Å²) in [6.07, 6.45) is -4.57. The number of amides is 3. The van der Waals surface area contributed by atoms with Gasteiger partial charge >= 0.3 is 18.2 Å². The van der Waals surface area contributed by atoms with Gasteiger partial charge in [-0.3, -0.25) is 9.69 Å². The van der Waals surface area contributed by atoms with E-state index < -0.39 is 30.7 Å². The van der Waals surface area contributed by atoms with Crippen LogP contribution in [0.15, 0.2) is 47.5 Å². The molecule has 1 heterocycles. The highest BCUT2D eigenvalue weighted by molar-refractivity contribution is 8.15. The first-order valence-corrected chi connectivity index (χ1v) is 10.0. The average molecular weight is 467 g/mol. The number of urea groups is 1. The lowest BCUT2D eigenvalue weighted by Crippen LogP contribution is -2.31. The Morgan fingerprint density at radius 1 is 1.22 bits per heavy atom. The summed E-state index contributed by atoms with van der Waals surface area (Å²) in [5.74, 6) is -1.84. The van der Waals surface area contributed by atoms with Crippen molar-refractivity contribution in [1.29, 1.82) is 0 Å². The van der Waals surface area contributed by atoms with Crippen molar-refractivity contribution in [2.75, 3.05) is 22.6 Å². The molecule has 0 saturated carbocycles. The molecule has 0 aliphatic carbocycles. The summed E-state index contributed by atoms with van der Waals surface area (Å²) in [6.45, 7) is 0.145. The second kappa shape index (κ2) is 9.30. The molecule has 2 aromatic carbocycles. The van der Waals surface area contributed by atoms with Gasteiger partial charge in [0.25, 0.3) is 0 Å². The standard InChI is InChI=1S/C20H16F3N3O5S/c1-11-2-7-15(31-10-20(21,22)23)14(8-11)26-16(27)9-32-19(26)25-18(30)24-13-5-3-12(4-6-13)17(28)29/h2-8H,9-10H2,1H3,(H,24,30)(H,28,29)/b25-19-. The van der Waals surface area contributed by atoms with Crippen molar-refractivity contribution in [1.82, 2.24) is 0 Å². The Labute approximate surface area is 184 Å². The van der Waals surface area contributed by atoms with Crippen LogP contribution >= 0.6 is 11.8 Å². The van der Waals surface area contributed by atoms with Crippen molar-refractivity contribution < 1.29 is 37.4 Å². The van der Waals surface area contributed by atoms with Gasteiger partial charge in [0.1, 0.15) is 5.75 Å². The number of nitrogens with zero attached hydrogens (tertiary/aromatic N) is 2. The minimum absolute atomic E-state index is 0.0304. The lowest BCUT2D eigenvalue weighted by Gasteiger charge is -2.21. The molecule has 12 heteroatoms. The van der Waals surface area contributed by atoms with E-state index in [2.05, 4.69) is 10.3 Å². The normalized spacial score (nSPS) is 15.2. The van der Waals surface area contributed by atoms with Crippen LogP contribution in [0.25, 0.3) is 0 Å². The number of anilines is 2. The van der Waals surface area contributed by atoms with E-state index in [4.69, 9.17) is 9.84 Å². The van der Waals surface area contributed by atoms with Crippen LogP contribution in [0.1, 0.15) is 15.9 Å². The van der Waals surface area contributed by atoms with Crippen LogP contribution < -0.4 is 15.0 Å². The summed E-state index contributed by atoms with van der Waals surface area (Å²) in [4.78, 5) is 40.6. The van der Waals surface area contributed by atoms with Crippen molar-refractivity contribution in [2.45, 2.75) is 13.1 Å². The predicted molar refractivity (Wildman–Crippen MR) is 113 cm³/mol. The Morgan fingerprint density at radius 2 is 1.91 bits per heavy atom. The molecule has 3 rings (SSSR count). The Kier molecular flexibility index (Phi) is 6.72. The third kappa shape index (κ3) is 5.78. The smallest absolute Gasteiger partial charge is 0.422 e. The first-order chi connectivity index (χ1) is 15.0. The van der Waals surface area contributed by atoms with Crippen molar-refractivity contribution in [3.8, 4) is 5.75 Å². The second-order valence-corrected chi connectivity index (χ2v) is 7.54.